The lowest BCUT2D eigenvalue weighted by Gasteiger charge is -2.18. The Morgan fingerprint density at radius 3 is 2.30 bits per heavy atom. The van der Waals surface area contributed by atoms with Gasteiger partial charge in [0, 0.05) is 11.6 Å². The maximum Gasteiger partial charge on any atom is 0.557 e. The molecule has 1 unspecified atom stereocenters. The molecule has 0 aliphatic carbocycles. The number of nitro groups is 1. The quantitative estimate of drug-likeness (QED) is 0.111. The van der Waals surface area contributed by atoms with Gasteiger partial charge in [0.25, 0.3) is 11.7 Å². The van der Waals surface area contributed by atoms with Crippen LogP contribution in [0, 0.1) is 16.0 Å². The van der Waals surface area contributed by atoms with E-state index in [-0.39, 0.29) is 12.1 Å². The molecule has 1 aromatic rings. The van der Waals surface area contributed by atoms with Gasteiger partial charge in [-0.25, -0.2) is 0 Å². The van der Waals surface area contributed by atoms with Crippen molar-refractivity contribution in [1.82, 2.24) is 0 Å². The molecular weight excluding hydrogens is 429 g/mol. The normalized spacial score (nSPS) is 12.6. The summed E-state index contributed by atoms with van der Waals surface area (Å²) in [4.78, 5) is 23.2. The second-order valence-corrected chi connectivity index (χ2v) is 14.2. The van der Waals surface area contributed by atoms with E-state index in [9.17, 15) is 14.9 Å². The summed E-state index contributed by atoms with van der Waals surface area (Å²) in [5.74, 6) is -1.16. The van der Waals surface area contributed by atoms with Crippen LogP contribution in [0.4, 0.5) is 5.69 Å². The van der Waals surface area contributed by atoms with Gasteiger partial charge in [-0.05, 0) is 12.8 Å². The molecule has 0 fully saturated rings. The summed E-state index contributed by atoms with van der Waals surface area (Å²) in [5.41, 5.74) is 0.472. The zero-order valence-electron chi connectivity index (χ0n) is 15.5. The molecule has 152 valence electrons. The number of nitrogens with zero attached hydrogens (tertiary/aromatic N) is 1. The maximum absolute atomic E-state index is 12.4. The Morgan fingerprint density at radius 1 is 1.11 bits per heavy atom. The van der Waals surface area contributed by atoms with Crippen LogP contribution in [0.3, 0.4) is 0 Å². The number of halogens is 3. The van der Waals surface area contributed by atoms with Gasteiger partial charge in [0.2, 0.25) is 0 Å². The molecule has 0 aromatic heterocycles. The summed E-state index contributed by atoms with van der Waals surface area (Å²) in [7, 11) is 0. The van der Waals surface area contributed by atoms with Gasteiger partial charge in [0.15, 0.2) is 0 Å². The molecule has 5 nitrogen and oxygen atoms in total. The molecule has 0 N–H and O–H groups in total. The summed E-state index contributed by atoms with van der Waals surface area (Å²) in [5, 5.41) is 11.2. The van der Waals surface area contributed by atoms with Crippen LogP contribution in [-0.2, 0) is 15.6 Å². The molecule has 1 atom stereocenters. The Morgan fingerprint density at radius 2 is 1.70 bits per heavy atom. The van der Waals surface area contributed by atoms with Crippen LogP contribution in [0.15, 0.2) is 24.3 Å². The second-order valence-electron chi connectivity index (χ2n) is 6.56. The van der Waals surface area contributed by atoms with Crippen molar-refractivity contribution in [1.29, 1.82) is 0 Å². The van der Waals surface area contributed by atoms with Crippen molar-refractivity contribution in [3.8, 4) is 0 Å². The molecule has 0 amide bonds. The number of hydrogen-bond acceptors (Lipinski definition) is 4. The number of para-hydroxylation sites is 1. The van der Waals surface area contributed by atoms with E-state index in [0.29, 0.717) is 12.0 Å². The fraction of sp³-hybridized carbons (Fsp3) is 0.611. The first kappa shape index (κ1) is 24.2. The van der Waals surface area contributed by atoms with E-state index >= 15 is 0 Å². The minimum Gasteiger partial charge on any atom is -0.481 e. The molecule has 0 heterocycles. The van der Waals surface area contributed by atoms with Crippen LogP contribution < -0.4 is 0 Å². The molecule has 0 saturated heterocycles. The van der Waals surface area contributed by atoms with Crippen molar-refractivity contribution in [2.75, 3.05) is 0 Å². The van der Waals surface area contributed by atoms with E-state index in [1.807, 2.05) is 0 Å². The first-order chi connectivity index (χ1) is 12.7. The Labute approximate surface area is 175 Å². The molecule has 0 spiro atoms. The van der Waals surface area contributed by atoms with E-state index in [1.54, 1.807) is 18.2 Å². The van der Waals surface area contributed by atoms with Crippen molar-refractivity contribution in [3.63, 3.8) is 0 Å². The minimum atomic E-state index is -3.57. The molecule has 1 rings (SSSR count). The first-order valence-electron chi connectivity index (χ1n) is 9.26. The largest absolute Gasteiger partial charge is 0.557 e. The number of rotatable bonds is 13. The number of benzene rings is 1. The smallest absolute Gasteiger partial charge is 0.481 e. The topological polar surface area (TPSA) is 69.4 Å². The van der Waals surface area contributed by atoms with Crippen molar-refractivity contribution in [2.24, 2.45) is 5.92 Å². The van der Waals surface area contributed by atoms with Crippen LogP contribution in [0.1, 0.15) is 63.9 Å². The summed E-state index contributed by atoms with van der Waals surface area (Å²) in [6.45, 7) is 2.17. The van der Waals surface area contributed by atoms with E-state index in [4.69, 9.17) is 37.7 Å². The highest BCUT2D eigenvalue weighted by Crippen LogP contribution is 2.28. The monoisotopic (exact) mass is 453 g/mol. The molecule has 9 heteroatoms. The van der Waals surface area contributed by atoms with Crippen molar-refractivity contribution < 1.29 is 14.1 Å². The third-order valence-electron chi connectivity index (χ3n) is 4.36. The molecular formula is C18H26Cl3NO4Si. The van der Waals surface area contributed by atoms with Gasteiger partial charge in [-0.1, -0.05) is 103 Å². The Bertz CT molecular complexity index is 611. The van der Waals surface area contributed by atoms with E-state index < -0.39 is 23.1 Å². The van der Waals surface area contributed by atoms with Crippen molar-refractivity contribution >= 4 is 51.1 Å². The molecule has 0 aliphatic heterocycles. The van der Waals surface area contributed by atoms with Gasteiger partial charge < -0.3 is 4.43 Å². The Kier molecular flexibility index (Phi) is 11.3. The number of unbranched alkanes of at least 4 members (excludes halogenated alkanes) is 6. The summed E-state index contributed by atoms with van der Waals surface area (Å²) >= 11 is 17.1. The second kappa shape index (κ2) is 12.6. The lowest BCUT2D eigenvalue weighted by Crippen LogP contribution is -2.28. The fourth-order valence-electron chi connectivity index (χ4n) is 2.98. The lowest BCUT2D eigenvalue weighted by molar-refractivity contribution is -0.385. The highest BCUT2D eigenvalue weighted by atomic mass is 35.8. The summed E-state index contributed by atoms with van der Waals surface area (Å²) in [6, 6.07) is 6.38. The SMILES string of the molecule is CCCCCCCCCC(Cc1ccccc1[N+](=O)[O-])C(=O)O[Si](Cl)(Cl)Cl. The summed E-state index contributed by atoms with van der Waals surface area (Å²) < 4.78 is 5.01. The highest BCUT2D eigenvalue weighted by Gasteiger charge is 2.36. The molecule has 27 heavy (non-hydrogen) atoms. The van der Waals surface area contributed by atoms with E-state index in [0.717, 1.165) is 19.3 Å². The van der Waals surface area contributed by atoms with Crippen LogP contribution in [0.5, 0.6) is 0 Å². The molecule has 0 aliphatic rings. The zero-order chi connectivity index (χ0) is 20.3. The van der Waals surface area contributed by atoms with E-state index in [1.165, 1.54) is 31.7 Å². The van der Waals surface area contributed by atoms with Gasteiger partial charge in [-0.2, -0.15) is 0 Å². The average molecular weight is 455 g/mol. The number of carbonyl (C=O) groups excluding carboxylic acids is 1. The van der Waals surface area contributed by atoms with Gasteiger partial charge in [-0.15, -0.1) is 0 Å². The van der Waals surface area contributed by atoms with Crippen molar-refractivity contribution in [2.45, 2.75) is 64.7 Å². The Balaban J connectivity index is 2.71. The zero-order valence-corrected chi connectivity index (χ0v) is 18.7. The number of hydrogen-bond donors (Lipinski definition) is 0. The number of carbonyl (C=O) groups is 1. The Hall–Kier alpha value is -0.823. The predicted octanol–water partition coefficient (Wildman–Crippen LogP) is 6.59. The van der Waals surface area contributed by atoms with Crippen molar-refractivity contribution in [3.05, 3.63) is 39.9 Å². The lowest BCUT2D eigenvalue weighted by atomic mass is 9.92. The third-order valence-corrected chi connectivity index (χ3v) is 5.49. The average Bonchev–Trinajstić information content (AvgIpc) is 2.58. The minimum absolute atomic E-state index is 0.0130. The highest BCUT2D eigenvalue weighted by molar-refractivity contribution is 7.62. The number of nitro benzene ring substituents is 1. The summed E-state index contributed by atoms with van der Waals surface area (Å²) in [6.07, 6.45) is 4.93. The molecule has 1 aromatic carbocycles. The molecule has 0 saturated carbocycles. The fourth-order valence-corrected chi connectivity index (χ4v) is 4.05. The van der Waals surface area contributed by atoms with Crippen LogP contribution in [0.2, 0.25) is 0 Å². The third kappa shape index (κ3) is 10.3. The standard InChI is InChI=1S/C18H26Cl3NO4Si/c1-2-3-4-5-6-7-8-12-16(18(23)26-27(19,20)21)14-15-11-9-10-13-17(15)22(24)25/h9-11,13,16H,2-8,12,14H2,1H3. The van der Waals surface area contributed by atoms with E-state index in [2.05, 4.69) is 6.92 Å². The maximum atomic E-state index is 12.4. The van der Waals surface area contributed by atoms with Gasteiger partial charge in [0.05, 0.1) is 10.8 Å². The van der Waals surface area contributed by atoms with Gasteiger partial charge in [0.1, 0.15) is 0 Å². The van der Waals surface area contributed by atoms with Gasteiger partial charge >= 0.3 is 6.25 Å². The first-order valence-corrected chi connectivity index (χ1v) is 14.2. The van der Waals surface area contributed by atoms with Crippen LogP contribution in [0.25, 0.3) is 0 Å². The van der Waals surface area contributed by atoms with Gasteiger partial charge in [-0.3, -0.25) is 14.9 Å². The van der Waals surface area contributed by atoms with Crippen LogP contribution >= 0.6 is 33.2 Å². The predicted molar refractivity (Wildman–Crippen MR) is 112 cm³/mol. The molecule has 0 bridgehead atoms. The van der Waals surface area contributed by atoms with Crippen LogP contribution in [-0.4, -0.2) is 17.1 Å². The molecule has 0 radical (unpaired) electrons.